The molecule has 130 valence electrons. The van der Waals surface area contributed by atoms with Crippen LogP contribution in [0.5, 0.6) is 0 Å². The second kappa shape index (κ2) is 8.64. The zero-order valence-corrected chi connectivity index (χ0v) is 15.0. The summed E-state index contributed by atoms with van der Waals surface area (Å²) < 4.78 is 5.22. The summed E-state index contributed by atoms with van der Waals surface area (Å²) in [6, 6.07) is 11.7. The van der Waals surface area contributed by atoms with Crippen molar-refractivity contribution in [1.82, 2.24) is 15.4 Å². The fraction of sp³-hybridized carbons (Fsp3) is 0.474. The predicted octanol–water partition coefficient (Wildman–Crippen LogP) is 3.30. The number of aromatic nitrogens is 1. The average Bonchev–Trinajstić information content (AvgIpc) is 2.99. The van der Waals surface area contributed by atoms with Crippen LogP contribution in [-0.4, -0.2) is 36.6 Å². The van der Waals surface area contributed by atoms with Gasteiger partial charge in [-0.2, -0.15) is 0 Å². The van der Waals surface area contributed by atoms with Gasteiger partial charge in [0.05, 0.1) is 11.7 Å². The van der Waals surface area contributed by atoms with Crippen molar-refractivity contribution in [1.29, 1.82) is 0 Å². The molecule has 24 heavy (non-hydrogen) atoms. The maximum atomic E-state index is 12.5. The summed E-state index contributed by atoms with van der Waals surface area (Å²) in [5.74, 6) is 0.532. The van der Waals surface area contributed by atoms with Gasteiger partial charge >= 0.3 is 0 Å². The summed E-state index contributed by atoms with van der Waals surface area (Å²) in [7, 11) is 4.05. The Bertz CT molecular complexity index is 635. The van der Waals surface area contributed by atoms with E-state index in [1.165, 1.54) is 0 Å². The molecule has 5 heteroatoms. The molecule has 0 unspecified atom stereocenters. The summed E-state index contributed by atoms with van der Waals surface area (Å²) >= 11 is 0. The number of nitrogens with one attached hydrogen (secondary N) is 1. The van der Waals surface area contributed by atoms with E-state index in [4.69, 9.17) is 4.52 Å². The van der Waals surface area contributed by atoms with Crippen molar-refractivity contribution in [3.8, 4) is 0 Å². The smallest absolute Gasteiger partial charge is 0.290 e. The van der Waals surface area contributed by atoms with Gasteiger partial charge in [0.1, 0.15) is 0 Å². The minimum Gasteiger partial charge on any atom is -0.351 e. The average molecular weight is 329 g/mol. The maximum absolute atomic E-state index is 12.5. The van der Waals surface area contributed by atoms with E-state index in [-0.39, 0.29) is 17.7 Å². The molecular formula is C19H27N3O2. The molecule has 0 bridgehead atoms. The molecule has 0 aliphatic rings. The van der Waals surface area contributed by atoms with E-state index >= 15 is 0 Å². The third kappa shape index (κ3) is 5.49. The number of nitrogens with zero attached hydrogens (tertiary/aromatic N) is 2. The lowest BCUT2D eigenvalue weighted by atomic mass is 10.0. The van der Waals surface area contributed by atoms with Crippen LogP contribution in [0.15, 0.2) is 40.9 Å². The van der Waals surface area contributed by atoms with Crippen LogP contribution in [0.4, 0.5) is 0 Å². The van der Waals surface area contributed by atoms with Gasteiger partial charge < -0.3 is 14.7 Å². The number of hydrogen-bond acceptors (Lipinski definition) is 4. The molecule has 1 amide bonds. The molecule has 1 N–H and O–H groups in total. The topological polar surface area (TPSA) is 58.4 Å². The van der Waals surface area contributed by atoms with E-state index in [1.807, 2.05) is 44.4 Å². The molecule has 0 saturated heterocycles. The van der Waals surface area contributed by atoms with Gasteiger partial charge in [0.2, 0.25) is 5.76 Å². The van der Waals surface area contributed by atoms with E-state index < -0.39 is 0 Å². The molecule has 2 rings (SSSR count). The first-order valence-electron chi connectivity index (χ1n) is 8.42. The first-order valence-corrected chi connectivity index (χ1v) is 8.42. The van der Waals surface area contributed by atoms with Gasteiger partial charge in [0.25, 0.3) is 5.91 Å². The van der Waals surface area contributed by atoms with Crippen molar-refractivity contribution in [2.75, 3.05) is 20.6 Å². The number of hydrogen-bond donors (Lipinski definition) is 1. The van der Waals surface area contributed by atoms with Gasteiger partial charge in [-0.3, -0.25) is 4.79 Å². The summed E-state index contributed by atoms with van der Waals surface area (Å²) in [4.78, 5) is 14.6. The van der Waals surface area contributed by atoms with Crippen LogP contribution in [-0.2, 0) is 6.42 Å². The lowest BCUT2D eigenvalue weighted by molar-refractivity contribution is 0.0895. The Kier molecular flexibility index (Phi) is 6.55. The second-order valence-electron chi connectivity index (χ2n) is 6.81. The number of amides is 1. The summed E-state index contributed by atoms with van der Waals surface area (Å²) in [5.41, 5.74) is 1.91. The lowest BCUT2D eigenvalue weighted by Gasteiger charge is -2.20. The first kappa shape index (κ1) is 18.2. The molecule has 0 radical (unpaired) electrons. The van der Waals surface area contributed by atoms with Gasteiger partial charge in [-0.05, 0) is 45.0 Å². The number of rotatable bonds is 8. The molecule has 0 saturated carbocycles. The highest BCUT2D eigenvalue weighted by atomic mass is 16.5. The summed E-state index contributed by atoms with van der Waals surface area (Å²) in [6.07, 6.45) is 1.63. The molecular weight excluding hydrogens is 302 g/mol. The van der Waals surface area contributed by atoms with Gasteiger partial charge in [0.15, 0.2) is 0 Å². The second-order valence-corrected chi connectivity index (χ2v) is 6.81. The standard InChI is InChI=1S/C19H27N3O2/c1-14(2)12-16-13-18(24-21-16)19(23)20-17(10-11-22(3)4)15-8-6-5-7-9-15/h5-9,13-14,17H,10-12H2,1-4H3,(H,20,23)/t17-/m1/s1. The van der Waals surface area contributed by atoms with E-state index in [1.54, 1.807) is 6.07 Å². The van der Waals surface area contributed by atoms with Gasteiger partial charge in [0, 0.05) is 6.07 Å². The Balaban J connectivity index is 2.07. The third-order valence-corrected chi connectivity index (χ3v) is 3.77. The van der Waals surface area contributed by atoms with Crippen LogP contribution in [0.1, 0.15) is 48.1 Å². The van der Waals surface area contributed by atoms with Crippen LogP contribution in [0.3, 0.4) is 0 Å². The van der Waals surface area contributed by atoms with Crippen LogP contribution in [0, 0.1) is 5.92 Å². The first-order chi connectivity index (χ1) is 11.5. The van der Waals surface area contributed by atoms with Gasteiger partial charge in [-0.15, -0.1) is 0 Å². The SMILES string of the molecule is CC(C)Cc1cc(C(=O)N[C@H](CCN(C)C)c2ccccc2)on1. The Morgan fingerprint density at radius 3 is 2.58 bits per heavy atom. The summed E-state index contributed by atoms with van der Waals surface area (Å²) in [6.45, 7) is 5.11. The monoisotopic (exact) mass is 329 g/mol. The van der Waals surface area contributed by atoms with E-state index in [2.05, 4.69) is 29.2 Å². The zero-order valence-electron chi connectivity index (χ0n) is 15.0. The van der Waals surface area contributed by atoms with Crippen LogP contribution in [0.2, 0.25) is 0 Å². The molecule has 0 aliphatic carbocycles. The van der Waals surface area contributed by atoms with E-state index in [0.717, 1.165) is 30.6 Å². The van der Waals surface area contributed by atoms with Crippen molar-refractivity contribution in [2.24, 2.45) is 5.92 Å². The van der Waals surface area contributed by atoms with E-state index in [0.29, 0.717) is 5.92 Å². The fourth-order valence-electron chi connectivity index (χ4n) is 2.56. The number of carbonyl (C=O) groups excluding carboxylic acids is 1. The van der Waals surface area contributed by atoms with Crippen molar-refractivity contribution in [2.45, 2.75) is 32.7 Å². The van der Waals surface area contributed by atoms with E-state index in [9.17, 15) is 4.79 Å². The largest absolute Gasteiger partial charge is 0.351 e. The molecule has 0 aliphatic heterocycles. The van der Waals surface area contributed by atoms with Crippen molar-refractivity contribution in [3.05, 3.63) is 53.4 Å². The highest BCUT2D eigenvalue weighted by Crippen LogP contribution is 2.18. The van der Waals surface area contributed by atoms with Crippen molar-refractivity contribution >= 4 is 5.91 Å². The highest BCUT2D eigenvalue weighted by Gasteiger charge is 2.19. The normalized spacial score (nSPS) is 12.6. The predicted molar refractivity (Wildman–Crippen MR) is 94.9 cm³/mol. The molecule has 0 fully saturated rings. The van der Waals surface area contributed by atoms with Crippen LogP contribution < -0.4 is 5.32 Å². The zero-order chi connectivity index (χ0) is 17.5. The molecule has 5 nitrogen and oxygen atoms in total. The molecule has 0 spiro atoms. The third-order valence-electron chi connectivity index (χ3n) is 3.77. The molecule has 2 aromatic rings. The van der Waals surface area contributed by atoms with Crippen LogP contribution >= 0.6 is 0 Å². The number of carbonyl (C=O) groups is 1. The Morgan fingerprint density at radius 1 is 1.25 bits per heavy atom. The Hall–Kier alpha value is -2.14. The van der Waals surface area contributed by atoms with Gasteiger partial charge in [-0.1, -0.05) is 49.3 Å². The molecule has 1 aromatic heterocycles. The minimum atomic E-state index is -0.217. The molecule has 1 heterocycles. The van der Waals surface area contributed by atoms with Crippen LogP contribution in [0.25, 0.3) is 0 Å². The number of benzene rings is 1. The maximum Gasteiger partial charge on any atom is 0.290 e. The van der Waals surface area contributed by atoms with Gasteiger partial charge in [-0.25, -0.2) is 0 Å². The fourth-order valence-corrected chi connectivity index (χ4v) is 2.56. The Labute approximate surface area is 144 Å². The lowest BCUT2D eigenvalue weighted by Crippen LogP contribution is -2.30. The Morgan fingerprint density at radius 2 is 1.96 bits per heavy atom. The molecule has 1 atom stereocenters. The van der Waals surface area contributed by atoms with Crippen molar-refractivity contribution < 1.29 is 9.32 Å². The summed E-state index contributed by atoms with van der Waals surface area (Å²) in [5, 5.41) is 7.06. The van der Waals surface area contributed by atoms with Crippen molar-refractivity contribution in [3.63, 3.8) is 0 Å². The molecule has 1 aromatic carbocycles. The minimum absolute atomic E-state index is 0.0558. The quantitative estimate of drug-likeness (QED) is 0.807. The highest BCUT2D eigenvalue weighted by molar-refractivity contribution is 5.91.